The zero-order valence-electron chi connectivity index (χ0n) is 14.5. The molecule has 0 fully saturated rings. The summed E-state index contributed by atoms with van der Waals surface area (Å²) in [6.07, 6.45) is 3.59. The first kappa shape index (κ1) is 18.0. The number of hydrogen-bond acceptors (Lipinski definition) is 2. The highest BCUT2D eigenvalue weighted by atomic mass is 16.5. The number of hydrogen-bond donors (Lipinski definition) is 1. The molecule has 0 aliphatic rings. The van der Waals surface area contributed by atoms with E-state index in [0.29, 0.717) is 12.0 Å². The summed E-state index contributed by atoms with van der Waals surface area (Å²) in [5, 5.41) is 3.64. The molecule has 1 rings (SSSR count). The highest BCUT2D eigenvalue weighted by molar-refractivity contribution is 5.27. The molecule has 0 radical (unpaired) electrons. The molecule has 0 heterocycles. The third kappa shape index (κ3) is 6.99. The molecule has 0 aromatic heterocycles. The second kappa shape index (κ2) is 9.83. The minimum Gasteiger partial charge on any atom is -0.494 e. The zero-order chi connectivity index (χ0) is 15.7. The Morgan fingerprint density at radius 3 is 2.14 bits per heavy atom. The SMILES string of the molecule is CCC(CC)C(C)NCc1ccc(OCCC(C)C)cc1. The molecule has 0 saturated heterocycles. The lowest BCUT2D eigenvalue weighted by Crippen LogP contribution is -2.32. The van der Waals surface area contributed by atoms with Crippen LogP contribution in [0.1, 0.15) is 59.4 Å². The van der Waals surface area contributed by atoms with E-state index in [1.54, 1.807) is 0 Å². The van der Waals surface area contributed by atoms with Crippen molar-refractivity contribution in [2.45, 2.75) is 66.5 Å². The normalized spacial score (nSPS) is 12.9. The lowest BCUT2D eigenvalue weighted by molar-refractivity contribution is 0.289. The van der Waals surface area contributed by atoms with E-state index in [4.69, 9.17) is 4.74 Å². The van der Waals surface area contributed by atoms with Crippen molar-refractivity contribution in [2.75, 3.05) is 6.61 Å². The molecule has 1 aromatic carbocycles. The van der Waals surface area contributed by atoms with Gasteiger partial charge < -0.3 is 10.1 Å². The summed E-state index contributed by atoms with van der Waals surface area (Å²) in [6, 6.07) is 9.06. The van der Waals surface area contributed by atoms with Crippen molar-refractivity contribution in [2.24, 2.45) is 11.8 Å². The van der Waals surface area contributed by atoms with E-state index < -0.39 is 0 Å². The molecule has 2 nitrogen and oxygen atoms in total. The summed E-state index contributed by atoms with van der Waals surface area (Å²) in [5.74, 6) is 2.44. The van der Waals surface area contributed by atoms with Gasteiger partial charge in [0.1, 0.15) is 5.75 Å². The molecule has 120 valence electrons. The van der Waals surface area contributed by atoms with Gasteiger partial charge in [0.05, 0.1) is 6.61 Å². The summed E-state index contributed by atoms with van der Waals surface area (Å²) >= 11 is 0. The van der Waals surface area contributed by atoms with Crippen molar-refractivity contribution < 1.29 is 4.74 Å². The van der Waals surface area contributed by atoms with E-state index in [9.17, 15) is 0 Å². The summed E-state index contributed by atoms with van der Waals surface area (Å²) < 4.78 is 5.75. The van der Waals surface area contributed by atoms with Crippen LogP contribution in [-0.4, -0.2) is 12.6 Å². The van der Waals surface area contributed by atoms with Crippen LogP contribution in [0.25, 0.3) is 0 Å². The molecular weight excluding hydrogens is 258 g/mol. The Morgan fingerprint density at radius 2 is 1.62 bits per heavy atom. The van der Waals surface area contributed by atoms with Gasteiger partial charge in [0, 0.05) is 12.6 Å². The Balaban J connectivity index is 2.37. The number of rotatable bonds is 10. The maximum Gasteiger partial charge on any atom is 0.119 e. The smallest absolute Gasteiger partial charge is 0.119 e. The van der Waals surface area contributed by atoms with Gasteiger partial charge in [-0.2, -0.15) is 0 Å². The topological polar surface area (TPSA) is 21.3 Å². The molecule has 1 unspecified atom stereocenters. The largest absolute Gasteiger partial charge is 0.494 e. The Morgan fingerprint density at radius 1 is 1.00 bits per heavy atom. The summed E-state index contributed by atoms with van der Waals surface area (Å²) in [7, 11) is 0. The van der Waals surface area contributed by atoms with Crippen LogP contribution in [0.2, 0.25) is 0 Å². The van der Waals surface area contributed by atoms with Crippen molar-refractivity contribution in [3.8, 4) is 5.75 Å². The van der Waals surface area contributed by atoms with Crippen LogP contribution in [0.3, 0.4) is 0 Å². The molecule has 21 heavy (non-hydrogen) atoms. The van der Waals surface area contributed by atoms with E-state index in [0.717, 1.165) is 31.2 Å². The zero-order valence-corrected chi connectivity index (χ0v) is 14.5. The second-order valence-electron chi connectivity index (χ2n) is 6.42. The Hall–Kier alpha value is -1.02. The maximum absolute atomic E-state index is 5.75. The number of nitrogens with one attached hydrogen (secondary N) is 1. The Kier molecular flexibility index (Phi) is 8.44. The number of benzene rings is 1. The minimum absolute atomic E-state index is 0.571. The molecule has 0 aliphatic carbocycles. The van der Waals surface area contributed by atoms with E-state index in [2.05, 4.69) is 64.2 Å². The summed E-state index contributed by atoms with van der Waals surface area (Å²) in [6.45, 7) is 13.0. The fourth-order valence-corrected chi connectivity index (χ4v) is 2.56. The maximum atomic E-state index is 5.75. The van der Waals surface area contributed by atoms with Gasteiger partial charge in [0.15, 0.2) is 0 Å². The Labute approximate surface area is 131 Å². The van der Waals surface area contributed by atoms with Crippen LogP contribution < -0.4 is 10.1 Å². The van der Waals surface area contributed by atoms with E-state index in [1.807, 2.05) is 0 Å². The van der Waals surface area contributed by atoms with Gasteiger partial charge in [-0.15, -0.1) is 0 Å². The van der Waals surface area contributed by atoms with Gasteiger partial charge in [-0.25, -0.2) is 0 Å². The van der Waals surface area contributed by atoms with Crippen molar-refractivity contribution >= 4 is 0 Å². The standard InChI is InChI=1S/C19H33NO/c1-6-18(7-2)16(5)20-14-17-8-10-19(11-9-17)21-13-12-15(3)4/h8-11,15-16,18,20H,6-7,12-14H2,1-5H3. The number of ether oxygens (including phenoxy) is 1. The molecule has 1 atom stereocenters. The highest BCUT2D eigenvalue weighted by Crippen LogP contribution is 2.15. The fraction of sp³-hybridized carbons (Fsp3) is 0.684. The predicted octanol–water partition coefficient (Wildman–Crippen LogP) is 5.03. The van der Waals surface area contributed by atoms with E-state index in [-0.39, 0.29) is 0 Å². The van der Waals surface area contributed by atoms with E-state index >= 15 is 0 Å². The van der Waals surface area contributed by atoms with Crippen LogP contribution in [-0.2, 0) is 6.54 Å². The average molecular weight is 291 g/mol. The highest BCUT2D eigenvalue weighted by Gasteiger charge is 2.12. The predicted molar refractivity (Wildman–Crippen MR) is 91.8 cm³/mol. The lowest BCUT2D eigenvalue weighted by atomic mass is 9.95. The van der Waals surface area contributed by atoms with Crippen LogP contribution >= 0.6 is 0 Å². The van der Waals surface area contributed by atoms with Gasteiger partial charge in [-0.1, -0.05) is 52.7 Å². The van der Waals surface area contributed by atoms with E-state index in [1.165, 1.54) is 18.4 Å². The summed E-state index contributed by atoms with van der Waals surface area (Å²) in [4.78, 5) is 0. The quantitative estimate of drug-likeness (QED) is 0.653. The van der Waals surface area contributed by atoms with Crippen molar-refractivity contribution in [1.82, 2.24) is 5.32 Å². The monoisotopic (exact) mass is 291 g/mol. The Bertz CT molecular complexity index is 368. The lowest BCUT2D eigenvalue weighted by Gasteiger charge is -2.22. The first-order valence-corrected chi connectivity index (χ1v) is 8.51. The molecular formula is C19H33NO. The average Bonchev–Trinajstić information content (AvgIpc) is 2.47. The minimum atomic E-state index is 0.571. The van der Waals surface area contributed by atoms with Crippen molar-refractivity contribution in [3.63, 3.8) is 0 Å². The molecule has 1 aromatic rings. The molecule has 0 spiro atoms. The van der Waals surface area contributed by atoms with Gasteiger partial charge in [0.25, 0.3) is 0 Å². The third-order valence-corrected chi connectivity index (χ3v) is 4.27. The fourth-order valence-electron chi connectivity index (χ4n) is 2.56. The molecule has 2 heteroatoms. The molecule has 0 bridgehead atoms. The summed E-state index contributed by atoms with van der Waals surface area (Å²) in [5.41, 5.74) is 1.32. The first-order valence-electron chi connectivity index (χ1n) is 8.51. The van der Waals surface area contributed by atoms with Gasteiger partial charge in [-0.05, 0) is 42.9 Å². The van der Waals surface area contributed by atoms with Crippen LogP contribution in [0.5, 0.6) is 5.75 Å². The first-order chi connectivity index (χ1) is 10.1. The van der Waals surface area contributed by atoms with Crippen LogP contribution in [0, 0.1) is 11.8 Å². The van der Waals surface area contributed by atoms with Crippen LogP contribution in [0.4, 0.5) is 0 Å². The van der Waals surface area contributed by atoms with Gasteiger partial charge in [0.2, 0.25) is 0 Å². The van der Waals surface area contributed by atoms with Crippen molar-refractivity contribution in [1.29, 1.82) is 0 Å². The van der Waals surface area contributed by atoms with Gasteiger partial charge in [-0.3, -0.25) is 0 Å². The third-order valence-electron chi connectivity index (χ3n) is 4.27. The molecule has 1 N–H and O–H groups in total. The molecule has 0 saturated carbocycles. The van der Waals surface area contributed by atoms with Gasteiger partial charge >= 0.3 is 0 Å². The van der Waals surface area contributed by atoms with Crippen molar-refractivity contribution in [3.05, 3.63) is 29.8 Å². The molecule has 0 amide bonds. The second-order valence-corrected chi connectivity index (χ2v) is 6.42. The van der Waals surface area contributed by atoms with Crippen LogP contribution in [0.15, 0.2) is 24.3 Å². The molecule has 0 aliphatic heterocycles.